The highest BCUT2D eigenvalue weighted by molar-refractivity contribution is 6.03. The van der Waals surface area contributed by atoms with Crippen molar-refractivity contribution < 1.29 is 9.47 Å². The molecule has 0 aliphatic heterocycles. The number of ether oxygens (including phenoxy) is 2. The number of rotatable bonds is 4. The Kier molecular flexibility index (Phi) is 3.72. The Morgan fingerprint density at radius 2 is 1.46 bits per heavy atom. The molecule has 3 aromatic heterocycles. The minimum Gasteiger partial charge on any atom is -0.497 e. The number of aromatic nitrogens is 5. The van der Waals surface area contributed by atoms with Crippen LogP contribution < -0.4 is 9.47 Å². The topological polar surface area (TPSA) is 66.5 Å². The van der Waals surface area contributed by atoms with E-state index in [1.807, 2.05) is 48.5 Å². The number of fused-ring (bicyclic) bond motifs is 3. The molecule has 0 bridgehead atoms. The van der Waals surface area contributed by atoms with Crippen LogP contribution in [0.15, 0.2) is 67.4 Å². The maximum atomic E-state index is 5.29. The molecule has 138 valence electrons. The lowest BCUT2D eigenvalue weighted by atomic mass is 10.1. The Bertz CT molecular complexity index is 1270. The summed E-state index contributed by atoms with van der Waals surface area (Å²) < 4.78 is 14.3. The predicted octanol–water partition coefficient (Wildman–Crippen LogP) is 3.75. The summed E-state index contributed by atoms with van der Waals surface area (Å²) >= 11 is 0. The normalized spacial score (nSPS) is 11.2. The SMILES string of the molecule is COc1ccc(-c2cn(-c3ccc(OC)cc3)c3ncn4ncnc4c23)cc1. The van der Waals surface area contributed by atoms with Crippen LogP contribution in [0.4, 0.5) is 0 Å². The molecule has 0 N–H and O–H groups in total. The Morgan fingerprint density at radius 3 is 2.14 bits per heavy atom. The fraction of sp³-hybridized carbons (Fsp3) is 0.0952. The van der Waals surface area contributed by atoms with Crippen molar-refractivity contribution in [3.63, 3.8) is 0 Å². The Labute approximate surface area is 160 Å². The van der Waals surface area contributed by atoms with Gasteiger partial charge in [0.1, 0.15) is 24.2 Å². The van der Waals surface area contributed by atoms with Crippen LogP contribution in [0.5, 0.6) is 11.5 Å². The average Bonchev–Trinajstić information content (AvgIpc) is 3.38. The molecule has 0 saturated heterocycles. The average molecular weight is 371 g/mol. The summed E-state index contributed by atoms with van der Waals surface area (Å²) in [5, 5.41) is 5.18. The molecule has 0 spiro atoms. The molecule has 0 radical (unpaired) electrons. The van der Waals surface area contributed by atoms with Gasteiger partial charge in [0.15, 0.2) is 11.3 Å². The van der Waals surface area contributed by atoms with Gasteiger partial charge in [-0.3, -0.25) is 0 Å². The van der Waals surface area contributed by atoms with Crippen LogP contribution in [0.3, 0.4) is 0 Å². The highest BCUT2D eigenvalue weighted by atomic mass is 16.5. The molecule has 3 heterocycles. The van der Waals surface area contributed by atoms with E-state index in [1.54, 1.807) is 31.4 Å². The summed E-state index contributed by atoms with van der Waals surface area (Å²) in [6.07, 6.45) is 5.30. The monoisotopic (exact) mass is 371 g/mol. The van der Waals surface area contributed by atoms with Crippen molar-refractivity contribution >= 4 is 16.7 Å². The molecular weight excluding hydrogens is 354 g/mol. The summed E-state index contributed by atoms with van der Waals surface area (Å²) in [4.78, 5) is 9.10. The third kappa shape index (κ3) is 2.48. The van der Waals surface area contributed by atoms with Crippen LogP contribution in [0.2, 0.25) is 0 Å². The van der Waals surface area contributed by atoms with Crippen molar-refractivity contribution in [2.75, 3.05) is 14.2 Å². The predicted molar refractivity (Wildman–Crippen MR) is 106 cm³/mol. The zero-order valence-corrected chi connectivity index (χ0v) is 15.4. The standard InChI is InChI=1S/C21H17N5O2/c1-27-16-7-3-14(4-8-16)18-11-25(15-5-9-17(28-2)10-6-15)20-19(18)21-22-12-24-26(21)13-23-20/h3-13H,1-2H3. The van der Waals surface area contributed by atoms with Crippen molar-refractivity contribution in [2.24, 2.45) is 0 Å². The second kappa shape index (κ2) is 6.38. The van der Waals surface area contributed by atoms with E-state index in [4.69, 9.17) is 9.47 Å². The maximum absolute atomic E-state index is 5.29. The van der Waals surface area contributed by atoms with Crippen LogP contribution in [-0.4, -0.2) is 38.4 Å². The van der Waals surface area contributed by atoms with Crippen molar-refractivity contribution in [3.8, 4) is 28.3 Å². The van der Waals surface area contributed by atoms with Gasteiger partial charge in [-0.25, -0.2) is 14.5 Å². The van der Waals surface area contributed by atoms with Crippen molar-refractivity contribution in [1.82, 2.24) is 24.1 Å². The van der Waals surface area contributed by atoms with Crippen molar-refractivity contribution in [3.05, 3.63) is 67.4 Å². The molecule has 0 amide bonds. The van der Waals surface area contributed by atoms with Gasteiger partial charge in [-0.1, -0.05) is 12.1 Å². The Balaban J connectivity index is 1.79. The van der Waals surface area contributed by atoms with E-state index in [9.17, 15) is 0 Å². The zero-order valence-electron chi connectivity index (χ0n) is 15.4. The highest BCUT2D eigenvalue weighted by Gasteiger charge is 2.17. The van der Waals surface area contributed by atoms with E-state index in [0.29, 0.717) is 0 Å². The van der Waals surface area contributed by atoms with Gasteiger partial charge in [-0.2, -0.15) is 5.10 Å². The van der Waals surface area contributed by atoms with Gasteiger partial charge in [-0.15, -0.1) is 0 Å². The molecule has 0 aliphatic rings. The molecule has 28 heavy (non-hydrogen) atoms. The molecule has 5 rings (SSSR count). The van der Waals surface area contributed by atoms with E-state index in [2.05, 4.69) is 25.8 Å². The lowest BCUT2D eigenvalue weighted by Gasteiger charge is -2.06. The maximum Gasteiger partial charge on any atom is 0.168 e. The van der Waals surface area contributed by atoms with E-state index in [0.717, 1.165) is 45.0 Å². The van der Waals surface area contributed by atoms with Gasteiger partial charge in [0.2, 0.25) is 0 Å². The first-order chi connectivity index (χ1) is 13.8. The lowest BCUT2D eigenvalue weighted by Crippen LogP contribution is -1.96. The molecule has 0 aliphatic carbocycles. The van der Waals surface area contributed by atoms with Gasteiger partial charge in [0.25, 0.3) is 0 Å². The smallest absolute Gasteiger partial charge is 0.168 e. The Hall–Kier alpha value is -3.87. The highest BCUT2D eigenvalue weighted by Crippen LogP contribution is 2.34. The molecule has 7 heteroatoms. The minimum atomic E-state index is 0.767. The summed E-state index contributed by atoms with van der Waals surface area (Å²) in [6, 6.07) is 15.8. The van der Waals surface area contributed by atoms with Crippen LogP contribution in [-0.2, 0) is 0 Å². The first-order valence-electron chi connectivity index (χ1n) is 8.77. The van der Waals surface area contributed by atoms with Crippen molar-refractivity contribution in [1.29, 1.82) is 0 Å². The van der Waals surface area contributed by atoms with Gasteiger partial charge in [0, 0.05) is 17.4 Å². The summed E-state index contributed by atoms with van der Waals surface area (Å²) in [7, 11) is 3.32. The third-order valence-electron chi connectivity index (χ3n) is 4.82. The van der Waals surface area contributed by atoms with Crippen LogP contribution >= 0.6 is 0 Å². The van der Waals surface area contributed by atoms with Crippen LogP contribution in [0.25, 0.3) is 33.5 Å². The zero-order chi connectivity index (χ0) is 19.1. The molecule has 0 atom stereocenters. The second-order valence-corrected chi connectivity index (χ2v) is 6.31. The van der Waals surface area contributed by atoms with Gasteiger partial charge < -0.3 is 14.0 Å². The van der Waals surface area contributed by atoms with Crippen LogP contribution in [0.1, 0.15) is 0 Å². The fourth-order valence-electron chi connectivity index (χ4n) is 3.39. The number of hydrogen-bond donors (Lipinski definition) is 0. The quantitative estimate of drug-likeness (QED) is 0.481. The molecule has 2 aromatic carbocycles. The van der Waals surface area contributed by atoms with Crippen molar-refractivity contribution in [2.45, 2.75) is 0 Å². The molecule has 0 unspecified atom stereocenters. The van der Waals surface area contributed by atoms with E-state index in [1.165, 1.54) is 0 Å². The third-order valence-corrected chi connectivity index (χ3v) is 4.82. The summed E-state index contributed by atoms with van der Waals surface area (Å²) in [5.41, 5.74) is 4.65. The number of hydrogen-bond acceptors (Lipinski definition) is 5. The molecule has 5 aromatic rings. The lowest BCUT2D eigenvalue weighted by molar-refractivity contribution is 0.414. The summed E-state index contributed by atoms with van der Waals surface area (Å²) in [5.74, 6) is 1.62. The number of nitrogens with zero attached hydrogens (tertiary/aromatic N) is 5. The summed E-state index contributed by atoms with van der Waals surface area (Å²) in [6.45, 7) is 0. The number of methoxy groups -OCH3 is 2. The first kappa shape index (κ1) is 16.3. The van der Waals surface area contributed by atoms with E-state index >= 15 is 0 Å². The second-order valence-electron chi connectivity index (χ2n) is 6.31. The van der Waals surface area contributed by atoms with Crippen LogP contribution in [0, 0.1) is 0 Å². The molecule has 7 nitrogen and oxygen atoms in total. The van der Waals surface area contributed by atoms with E-state index < -0.39 is 0 Å². The van der Waals surface area contributed by atoms with Gasteiger partial charge >= 0.3 is 0 Å². The van der Waals surface area contributed by atoms with Gasteiger partial charge in [0.05, 0.1) is 19.6 Å². The minimum absolute atomic E-state index is 0.767. The molecule has 0 saturated carbocycles. The Morgan fingerprint density at radius 1 is 0.786 bits per heavy atom. The van der Waals surface area contributed by atoms with Gasteiger partial charge in [-0.05, 0) is 42.0 Å². The van der Waals surface area contributed by atoms with E-state index in [-0.39, 0.29) is 0 Å². The largest absolute Gasteiger partial charge is 0.497 e. The molecule has 0 fully saturated rings. The first-order valence-corrected chi connectivity index (χ1v) is 8.77. The number of benzene rings is 2. The fourth-order valence-corrected chi connectivity index (χ4v) is 3.39. The molecular formula is C21H17N5O2.